The van der Waals surface area contributed by atoms with Crippen molar-refractivity contribution in [3.05, 3.63) is 79.8 Å². The fourth-order valence-electron chi connectivity index (χ4n) is 0.715. The maximum Gasteiger partial charge on any atom is 0 e. The van der Waals surface area contributed by atoms with Crippen LogP contribution in [0.4, 0.5) is 0 Å². The first kappa shape index (κ1) is 118. The maximum absolute atomic E-state index is 8.32. The summed E-state index contributed by atoms with van der Waals surface area (Å²) < 4.78 is 90.0. The summed E-state index contributed by atoms with van der Waals surface area (Å²) in [6.07, 6.45) is 3.66. The van der Waals surface area contributed by atoms with Gasteiger partial charge in [0.15, 0.2) is 0 Å². The van der Waals surface area contributed by atoms with Crippen LogP contribution in [0.3, 0.4) is 0 Å². The van der Waals surface area contributed by atoms with Gasteiger partial charge in [0, 0.05) is 80.0 Å². The van der Waals surface area contributed by atoms with Crippen molar-refractivity contribution >= 4 is 0 Å². The van der Waals surface area contributed by atoms with Crippen molar-refractivity contribution < 1.29 is 133 Å². The summed E-state index contributed by atoms with van der Waals surface area (Å²) in [6.45, 7) is 53.9. The molecule has 2 N–H and O–H groups in total. The zero-order chi connectivity index (χ0) is 33.1. The Morgan fingerprint density at radius 3 is 0.525 bits per heavy atom. The first-order chi connectivity index (χ1) is 17.9. The number of hydrogen-bond donors (Lipinski definition) is 2. The van der Waals surface area contributed by atoms with Crippen LogP contribution < -0.4 is 0 Å². The molecule has 0 unspecified atom stereocenters. The summed E-state index contributed by atoms with van der Waals surface area (Å²) in [7, 11) is 0. The molecular weight excluding hydrogens is 724 g/mol. The van der Waals surface area contributed by atoms with E-state index in [1.54, 1.807) is 0 Å². The molecule has 0 spiro atoms. The van der Waals surface area contributed by atoms with E-state index in [2.05, 4.69) is 103 Å². The molecule has 0 amide bonds. The first-order valence-electron chi connectivity index (χ1n) is 6.50. The Morgan fingerprint density at radius 1 is 0.300 bits per heavy atom. The van der Waals surface area contributed by atoms with Crippen molar-refractivity contribution in [3.63, 3.8) is 0 Å². The Kier molecular flexibility index (Phi) is 2230. The van der Waals surface area contributed by atoms with Gasteiger partial charge in [-0.2, -0.15) is 0 Å². The molecule has 0 aromatic rings. The Morgan fingerprint density at radius 2 is 0.425 bits per heavy atom. The second kappa shape index (κ2) is 756. The van der Waals surface area contributed by atoms with Gasteiger partial charge < -0.3 is 10.2 Å². The zero-order valence-corrected chi connectivity index (χ0v) is 23.5. The molecule has 14 nitrogen and oxygen atoms in total. The molecule has 0 fully saturated rings. The molecule has 0 aromatic heterocycles. The minimum atomic E-state index is -0.0513. The molecule has 0 bridgehead atoms. The van der Waals surface area contributed by atoms with Crippen LogP contribution in [-0.4, -0.2) is 23.4 Å². The fraction of sp³-hybridized carbons (Fsp3) is 0.273. The summed E-state index contributed by atoms with van der Waals surface area (Å²) in [5.41, 5.74) is 0. The van der Waals surface area contributed by atoms with Gasteiger partial charge in [-0.1, -0.05) is 11.8 Å². The molecule has 0 saturated carbocycles. The number of aliphatic hydroxyl groups is 2. The topological polar surface area (TPSA) is 279 Å². The van der Waals surface area contributed by atoms with Crippen LogP contribution in [-0.2, 0) is 123 Å². The van der Waals surface area contributed by atoms with Crippen molar-refractivity contribution in [2.75, 3.05) is 13.2 Å². The zero-order valence-electron chi connectivity index (χ0n) is 19.4. The van der Waals surface area contributed by atoms with Gasteiger partial charge in [-0.05, 0) is 12.8 Å². The summed E-state index contributed by atoms with van der Waals surface area (Å²) in [4.78, 5) is 0. The van der Waals surface area contributed by atoms with E-state index in [1.807, 2.05) is 0 Å². The number of rotatable bonds is 3. The smallest absolute Gasteiger partial charge is 0 e. The van der Waals surface area contributed by atoms with Crippen LogP contribution >= 0.6 is 0 Å². The van der Waals surface area contributed by atoms with Gasteiger partial charge in [-0.25, -0.2) is 0 Å². The van der Waals surface area contributed by atoms with E-state index in [1.165, 1.54) is 0 Å². The number of aliphatic hydroxyl groups excluding tert-OH is 2. The van der Waals surface area contributed by atoms with Gasteiger partial charge in [0.05, 0.1) is 0 Å². The molecule has 0 aliphatic carbocycles. The molecule has 0 aliphatic rings. The van der Waals surface area contributed by atoms with Gasteiger partial charge in [-0.3, -0.25) is 0 Å². The van der Waals surface area contributed by atoms with Gasteiger partial charge in [0.1, 0.15) is 13.2 Å². The van der Waals surface area contributed by atoms with E-state index in [-0.39, 0.29) is 80.3 Å². The van der Waals surface area contributed by atoms with E-state index < -0.39 is 0 Å². The third-order valence-corrected chi connectivity index (χ3v) is 1.26. The van der Waals surface area contributed by atoms with Crippen LogP contribution in [0.1, 0.15) is 25.7 Å². The summed E-state index contributed by atoms with van der Waals surface area (Å²) in [5.74, 6) is 10.8. The maximum atomic E-state index is 8.32. The van der Waals surface area contributed by atoms with Crippen molar-refractivity contribution in [1.82, 2.24) is 0 Å². The van der Waals surface area contributed by atoms with E-state index >= 15 is 0 Å². The molecule has 0 heterocycles. The second-order valence-corrected chi connectivity index (χ2v) is 2.23. The SMILES string of the molecule is OCC#CCCCCC#CCO.[C-]#[O+].[C-]#[O+].[C-]#[O+].[C-]#[O+].[C-]#[O+].[C-]#[O+].[C-]#[O+].[C-]#[O+].[C-]#[O+].[C-]#[O+].[C-]#[O+].[C-]#[O+].[Co].[Co].[Co].[Co]. The summed E-state index contributed by atoms with van der Waals surface area (Å²) >= 11 is 0. The first-order valence-corrected chi connectivity index (χ1v) is 6.50. The molecule has 0 aromatic carbocycles. The molecule has 40 heavy (non-hydrogen) atoms. The largest absolute Gasteiger partial charge is 0 e. The molecule has 0 saturated heterocycles. The predicted molar refractivity (Wildman–Crippen MR) is 95.3 cm³/mol. The molecule has 0 rings (SSSR count). The van der Waals surface area contributed by atoms with Crippen molar-refractivity contribution in [2.24, 2.45) is 0 Å². The quantitative estimate of drug-likeness (QED) is 0.176. The predicted octanol–water partition coefficient (Wildman–Crippen LogP) is 0.0781. The summed E-state index contributed by atoms with van der Waals surface area (Å²) in [5, 5.41) is 16.6. The molecule has 0 atom stereocenters. The van der Waals surface area contributed by atoms with Crippen LogP contribution in [0.25, 0.3) is 0 Å². The normalized spacial score (nSPS) is 2.95. The third-order valence-electron chi connectivity index (χ3n) is 1.26. The molecular formula is C22H14Co4O14. The molecule has 222 valence electrons. The van der Waals surface area contributed by atoms with E-state index in [0.29, 0.717) is 0 Å². The van der Waals surface area contributed by atoms with E-state index in [4.69, 9.17) is 66.0 Å². The number of unbranched alkanes of at least 4 members (excludes halogenated alkanes) is 3. The van der Waals surface area contributed by atoms with Crippen LogP contribution in [0.2, 0.25) is 0 Å². The van der Waals surface area contributed by atoms with Gasteiger partial charge in [-0.15, -0.1) is 11.8 Å². The van der Waals surface area contributed by atoms with E-state index in [0.717, 1.165) is 25.7 Å². The Bertz CT molecular complexity index is 524. The summed E-state index contributed by atoms with van der Waals surface area (Å²) in [6, 6.07) is 0. The Balaban J connectivity index is -0.0000000109. The fourth-order valence-corrected chi connectivity index (χ4v) is 0.715. The number of hydrogen-bond acceptors (Lipinski definition) is 2. The molecule has 18 heteroatoms. The second-order valence-electron chi connectivity index (χ2n) is 2.23. The van der Waals surface area contributed by atoms with Crippen LogP contribution in [0.5, 0.6) is 0 Å². The third kappa shape index (κ3) is 910. The minimum Gasteiger partial charge on any atom is 0 e. The van der Waals surface area contributed by atoms with Crippen molar-refractivity contribution in [1.29, 1.82) is 0 Å². The van der Waals surface area contributed by atoms with Gasteiger partial charge >= 0.3 is 136 Å². The van der Waals surface area contributed by atoms with Gasteiger partial charge in [0.25, 0.3) is 0 Å². The van der Waals surface area contributed by atoms with Gasteiger partial charge in [0.2, 0.25) is 0 Å². The minimum absolute atomic E-state index is 0. The van der Waals surface area contributed by atoms with Crippen LogP contribution in [0, 0.1) is 103 Å². The van der Waals surface area contributed by atoms with Crippen LogP contribution in [0.15, 0.2) is 0 Å². The Labute approximate surface area is 274 Å². The van der Waals surface area contributed by atoms with E-state index in [9.17, 15) is 0 Å². The molecule has 4 radical (unpaired) electrons. The van der Waals surface area contributed by atoms with Crippen molar-refractivity contribution in [3.8, 4) is 23.7 Å². The average Bonchev–Trinajstić information content (AvgIpc) is 3.06. The van der Waals surface area contributed by atoms with Crippen molar-refractivity contribution in [2.45, 2.75) is 25.7 Å². The standard InChI is InChI=1S/C10H14O2.12CO.4Co/c11-9-7-5-3-1-2-4-6-8-10-12;12*1-2;;;;/h11-12H,1-4,9-10H2;;;;;;;;;;;;;;;;. The Hall–Kier alpha value is -2.05. The molecule has 0 aliphatic heterocycles. The average molecular weight is 738 g/mol. The monoisotopic (exact) mass is 738 g/mol.